The molecule has 1 unspecified atom stereocenters. The van der Waals surface area contributed by atoms with Crippen LogP contribution < -0.4 is 0 Å². The van der Waals surface area contributed by atoms with Gasteiger partial charge in [0.2, 0.25) is 0 Å². The van der Waals surface area contributed by atoms with Gasteiger partial charge in [-0.15, -0.1) is 12.4 Å². The highest BCUT2D eigenvalue weighted by atomic mass is 35.5. The Morgan fingerprint density at radius 1 is 1.11 bits per heavy atom. The van der Waals surface area contributed by atoms with Crippen LogP contribution in [0.4, 0.5) is 0 Å². The van der Waals surface area contributed by atoms with E-state index in [0.717, 1.165) is 18.8 Å². The Balaban J connectivity index is 0. The molecule has 0 aliphatic heterocycles. The van der Waals surface area contributed by atoms with Gasteiger partial charge in [0.15, 0.2) is 0 Å². The molecule has 0 saturated carbocycles. The molecule has 0 aromatic heterocycles. The predicted molar refractivity (Wildman–Crippen MR) is 43.0 cm³/mol. The van der Waals surface area contributed by atoms with Crippen LogP contribution >= 0.6 is 12.4 Å². The zero-order valence-corrected chi connectivity index (χ0v) is 7.24. The lowest BCUT2D eigenvalue weighted by molar-refractivity contribution is 0.176. The van der Waals surface area contributed by atoms with Crippen LogP contribution in [0.2, 0.25) is 0 Å². The van der Waals surface area contributed by atoms with Crippen molar-refractivity contribution in [2.75, 3.05) is 0 Å². The van der Waals surface area contributed by atoms with Gasteiger partial charge in [-0.25, -0.2) is 0 Å². The van der Waals surface area contributed by atoms with Crippen LogP contribution in [0.5, 0.6) is 0 Å². The molecule has 1 N–H and O–H groups in total. The van der Waals surface area contributed by atoms with Crippen molar-refractivity contribution in [3.05, 3.63) is 0 Å². The van der Waals surface area contributed by atoms with Crippen molar-refractivity contribution in [2.45, 2.75) is 39.7 Å². The third-order valence-corrected chi connectivity index (χ3v) is 1.16. The maximum Gasteiger partial charge on any atom is 0.0512 e. The van der Waals surface area contributed by atoms with Gasteiger partial charge >= 0.3 is 0 Å². The average molecular weight is 153 g/mol. The summed E-state index contributed by atoms with van der Waals surface area (Å²) in [5, 5.41) is 8.80. The van der Waals surface area contributed by atoms with Crippen molar-refractivity contribution in [3.63, 3.8) is 0 Å². The van der Waals surface area contributed by atoms with Gasteiger partial charge in [-0.2, -0.15) is 0 Å². The smallest absolute Gasteiger partial charge is 0.0512 e. The molecular weight excluding hydrogens is 136 g/mol. The van der Waals surface area contributed by atoms with E-state index in [9.17, 15) is 0 Å². The Morgan fingerprint density at radius 3 is 1.67 bits per heavy atom. The molecular formula is C7H17ClO. The summed E-state index contributed by atoms with van der Waals surface area (Å²) in [5.41, 5.74) is 0. The molecule has 0 aliphatic rings. The van der Waals surface area contributed by atoms with E-state index < -0.39 is 0 Å². The number of aliphatic hydroxyl groups is 1. The van der Waals surface area contributed by atoms with Crippen LogP contribution in [0.1, 0.15) is 33.6 Å². The summed E-state index contributed by atoms with van der Waals surface area (Å²) in [5.74, 6) is 0.726. The monoisotopic (exact) mass is 152 g/mol. The molecule has 0 spiro atoms. The molecule has 0 saturated heterocycles. The fraction of sp³-hybridized carbons (Fsp3) is 1.00. The van der Waals surface area contributed by atoms with Gasteiger partial charge in [0.25, 0.3) is 0 Å². The first-order valence-electron chi connectivity index (χ1n) is 3.31. The highest BCUT2D eigenvalue weighted by molar-refractivity contribution is 5.85. The third kappa shape index (κ3) is 11.7. The third-order valence-electron chi connectivity index (χ3n) is 1.16. The molecule has 58 valence electrons. The fourth-order valence-electron chi connectivity index (χ4n) is 0.575. The Labute approximate surface area is 63.9 Å². The lowest BCUT2D eigenvalue weighted by atomic mass is 10.1. The topological polar surface area (TPSA) is 20.2 Å². The molecule has 0 rings (SSSR count). The summed E-state index contributed by atoms with van der Waals surface area (Å²) < 4.78 is 0. The average Bonchev–Trinajstić information content (AvgIpc) is 1.61. The van der Waals surface area contributed by atoms with Crippen molar-refractivity contribution >= 4 is 12.4 Å². The van der Waals surface area contributed by atoms with E-state index in [1.165, 1.54) is 0 Å². The molecule has 0 bridgehead atoms. The number of rotatable bonds is 3. The van der Waals surface area contributed by atoms with Crippen LogP contribution in [-0.2, 0) is 0 Å². The number of aliphatic hydroxyl groups excluding tert-OH is 1. The zero-order valence-electron chi connectivity index (χ0n) is 6.42. The number of hydrogen-bond donors (Lipinski definition) is 1. The van der Waals surface area contributed by atoms with E-state index in [1.54, 1.807) is 0 Å². The Kier molecular flexibility index (Phi) is 8.48. The second-order valence-corrected chi connectivity index (χ2v) is 2.82. The molecule has 0 aromatic rings. The first-order valence-corrected chi connectivity index (χ1v) is 3.31. The minimum Gasteiger partial charge on any atom is -0.393 e. The van der Waals surface area contributed by atoms with E-state index in [2.05, 4.69) is 13.8 Å². The molecule has 0 aliphatic carbocycles. The van der Waals surface area contributed by atoms with Crippen LogP contribution in [-0.4, -0.2) is 11.2 Å². The van der Waals surface area contributed by atoms with E-state index in [4.69, 9.17) is 5.11 Å². The minimum absolute atomic E-state index is 0. The standard InChI is InChI=1S/C7H16O.ClH/c1-6(2)4-5-7(3)8;/h6-8H,4-5H2,1-3H3;1H. The zero-order chi connectivity index (χ0) is 6.57. The quantitative estimate of drug-likeness (QED) is 0.658. The molecule has 9 heavy (non-hydrogen) atoms. The lowest BCUT2D eigenvalue weighted by Gasteiger charge is -2.04. The minimum atomic E-state index is -0.114. The van der Waals surface area contributed by atoms with Crippen molar-refractivity contribution in [3.8, 4) is 0 Å². The van der Waals surface area contributed by atoms with Crippen molar-refractivity contribution in [2.24, 2.45) is 5.92 Å². The van der Waals surface area contributed by atoms with Gasteiger partial charge < -0.3 is 5.11 Å². The van der Waals surface area contributed by atoms with Crippen molar-refractivity contribution in [1.29, 1.82) is 0 Å². The molecule has 0 amide bonds. The van der Waals surface area contributed by atoms with Crippen LogP contribution in [0.15, 0.2) is 0 Å². The highest BCUT2D eigenvalue weighted by Crippen LogP contribution is 2.05. The lowest BCUT2D eigenvalue weighted by Crippen LogP contribution is -2.00. The first kappa shape index (κ1) is 12.0. The Hall–Kier alpha value is 0.250. The van der Waals surface area contributed by atoms with Crippen molar-refractivity contribution < 1.29 is 5.11 Å². The summed E-state index contributed by atoms with van der Waals surface area (Å²) in [7, 11) is 0. The van der Waals surface area contributed by atoms with E-state index in [-0.39, 0.29) is 18.5 Å². The predicted octanol–water partition coefficient (Wildman–Crippen LogP) is 2.23. The molecule has 0 heterocycles. The second kappa shape index (κ2) is 6.37. The van der Waals surface area contributed by atoms with Crippen LogP contribution in [0.3, 0.4) is 0 Å². The molecule has 0 radical (unpaired) electrons. The van der Waals surface area contributed by atoms with Crippen LogP contribution in [0.25, 0.3) is 0 Å². The highest BCUT2D eigenvalue weighted by Gasteiger charge is 1.96. The van der Waals surface area contributed by atoms with Gasteiger partial charge in [0.1, 0.15) is 0 Å². The van der Waals surface area contributed by atoms with Gasteiger partial charge in [-0.05, 0) is 25.7 Å². The first-order chi connectivity index (χ1) is 3.63. The summed E-state index contributed by atoms with van der Waals surface area (Å²) in [6, 6.07) is 0. The number of hydrogen-bond acceptors (Lipinski definition) is 1. The maximum absolute atomic E-state index is 8.80. The molecule has 2 heteroatoms. The molecule has 0 fully saturated rings. The fourth-order valence-corrected chi connectivity index (χ4v) is 0.575. The van der Waals surface area contributed by atoms with Gasteiger partial charge in [0, 0.05) is 0 Å². The number of halogens is 1. The Morgan fingerprint density at radius 2 is 1.56 bits per heavy atom. The summed E-state index contributed by atoms with van der Waals surface area (Å²) in [6.07, 6.45) is 1.97. The summed E-state index contributed by atoms with van der Waals surface area (Å²) in [6.45, 7) is 6.17. The molecule has 1 atom stereocenters. The van der Waals surface area contributed by atoms with Gasteiger partial charge in [0.05, 0.1) is 6.10 Å². The van der Waals surface area contributed by atoms with E-state index in [0.29, 0.717) is 0 Å². The largest absolute Gasteiger partial charge is 0.393 e. The SMILES string of the molecule is CC(C)CCC(C)O.Cl. The maximum atomic E-state index is 8.80. The Bertz CT molecular complexity index is 44.9. The van der Waals surface area contributed by atoms with E-state index >= 15 is 0 Å². The normalized spacial score (nSPS) is 13.0. The van der Waals surface area contributed by atoms with Gasteiger partial charge in [-0.3, -0.25) is 0 Å². The molecule has 0 aromatic carbocycles. The van der Waals surface area contributed by atoms with Gasteiger partial charge in [-0.1, -0.05) is 13.8 Å². The second-order valence-electron chi connectivity index (χ2n) is 2.82. The van der Waals surface area contributed by atoms with Crippen molar-refractivity contribution in [1.82, 2.24) is 0 Å². The summed E-state index contributed by atoms with van der Waals surface area (Å²) in [4.78, 5) is 0. The van der Waals surface area contributed by atoms with E-state index in [1.807, 2.05) is 6.92 Å². The van der Waals surface area contributed by atoms with Crippen LogP contribution in [0, 0.1) is 5.92 Å². The molecule has 1 nitrogen and oxygen atoms in total. The summed E-state index contributed by atoms with van der Waals surface area (Å²) >= 11 is 0.